The SMILES string of the molecule is CC(=O)O[C@@H]1CC[C@@]2(C)C(CC[C@]3(C)C2C(=O)C=C2C4[C@@H](C)CCC[C@]4(C)CC[C@]23C)[C@@]1(C)C(=O)NC1Cc2ccccc2C1. The van der Waals surface area contributed by atoms with Crippen molar-refractivity contribution in [3.63, 3.8) is 0 Å². The molecule has 1 amide bonds. The highest BCUT2D eigenvalue weighted by atomic mass is 16.5. The number of hydrogen-bond acceptors (Lipinski definition) is 4. The zero-order valence-electron chi connectivity index (χ0n) is 28.8. The normalized spacial score (nSPS) is 45.6. The molecule has 0 saturated heterocycles. The summed E-state index contributed by atoms with van der Waals surface area (Å²) in [5, 5.41) is 3.45. The van der Waals surface area contributed by atoms with Gasteiger partial charge in [-0.25, -0.2) is 0 Å². The molecule has 5 nitrogen and oxygen atoms in total. The minimum Gasteiger partial charge on any atom is -0.461 e. The molecule has 4 saturated carbocycles. The van der Waals surface area contributed by atoms with E-state index in [0.29, 0.717) is 24.0 Å². The Balaban J connectivity index is 1.26. The van der Waals surface area contributed by atoms with E-state index in [2.05, 4.69) is 77.2 Å². The molecule has 0 radical (unpaired) electrons. The minimum absolute atomic E-state index is 0.0127. The molecule has 3 unspecified atom stereocenters. The maximum Gasteiger partial charge on any atom is 0.302 e. The molecule has 7 rings (SSSR count). The molecular weight excluding hydrogens is 558 g/mol. The van der Waals surface area contributed by atoms with Crippen LogP contribution in [0, 0.1) is 50.7 Å². The second-order valence-electron chi connectivity index (χ2n) is 17.5. The number of fused-ring (bicyclic) bond motifs is 8. The van der Waals surface area contributed by atoms with Gasteiger partial charge >= 0.3 is 5.97 Å². The number of esters is 1. The molecule has 6 aliphatic rings. The summed E-state index contributed by atoms with van der Waals surface area (Å²) in [6.07, 6.45) is 12.6. The average Bonchev–Trinajstić information content (AvgIpc) is 3.38. The third-order valence-corrected chi connectivity index (χ3v) is 15.3. The number of hydrogen-bond donors (Lipinski definition) is 1. The Labute approximate surface area is 270 Å². The van der Waals surface area contributed by atoms with Gasteiger partial charge in [0.05, 0.1) is 5.41 Å². The van der Waals surface area contributed by atoms with Gasteiger partial charge in [0.25, 0.3) is 0 Å². The van der Waals surface area contributed by atoms with E-state index in [0.717, 1.165) is 38.5 Å². The molecule has 244 valence electrons. The maximum atomic E-state index is 14.8. The lowest BCUT2D eigenvalue weighted by atomic mass is 9.33. The van der Waals surface area contributed by atoms with Gasteiger partial charge in [-0.1, -0.05) is 77.3 Å². The molecule has 4 fully saturated rings. The van der Waals surface area contributed by atoms with Crippen LogP contribution in [0.4, 0.5) is 0 Å². The summed E-state index contributed by atoms with van der Waals surface area (Å²) in [4.78, 5) is 41.9. The molecule has 0 aromatic heterocycles. The van der Waals surface area contributed by atoms with E-state index in [1.807, 2.05) is 0 Å². The first-order valence-electron chi connectivity index (χ1n) is 18.0. The van der Waals surface area contributed by atoms with Crippen molar-refractivity contribution in [2.75, 3.05) is 0 Å². The van der Waals surface area contributed by atoms with E-state index in [-0.39, 0.29) is 51.4 Å². The monoisotopic (exact) mass is 613 g/mol. The zero-order chi connectivity index (χ0) is 32.2. The van der Waals surface area contributed by atoms with Crippen molar-refractivity contribution in [1.29, 1.82) is 0 Å². The standard InChI is InChI=1S/C40H55NO4/c1-24-11-10-16-36(3)19-20-38(5)29(33(24)36)23-30(43)34-37(4)17-15-32(45-25(2)42)40(7,31(37)14-18-39(34,38)6)35(44)41-28-21-26-12-8-9-13-27(26)22-28/h8-9,12-13,23-24,28,31-34H,10-11,14-22H2,1-7H3,(H,41,44)/t24-,31?,32+,33?,34?,36+,37-,38+,39+,40+/m0/s1. The highest BCUT2D eigenvalue weighted by Gasteiger charge is 2.72. The van der Waals surface area contributed by atoms with Crippen molar-refractivity contribution in [3.05, 3.63) is 47.0 Å². The van der Waals surface area contributed by atoms with Crippen molar-refractivity contribution < 1.29 is 19.1 Å². The molecule has 45 heavy (non-hydrogen) atoms. The quantitative estimate of drug-likeness (QED) is 0.353. The van der Waals surface area contributed by atoms with Gasteiger partial charge in [-0.15, -0.1) is 0 Å². The van der Waals surface area contributed by atoms with Gasteiger partial charge in [0, 0.05) is 18.9 Å². The number of ether oxygens (including phenoxy) is 1. The number of ketones is 1. The smallest absolute Gasteiger partial charge is 0.302 e. The molecular formula is C40H55NO4. The number of benzene rings is 1. The van der Waals surface area contributed by atoms with E-state index in [9.17, 15) is 14.4 Å². The van der Waals surface area contributed by atoms with E-state index in [1.54, 1.807) is 0 Å². The van der Waals surface area contributed by atoms with Crippen molar-refractivity contribution in [1.82, 2.24) is 5.32 Å². The molecule has 5 heteroatoms. The number of amides is 1. The van der Waals surface area contributed by atoms with Crippen LogP contribution in [0.2, 0.25) is 0 Å². The lowest BCUT2D eigenvalue weighted by molar-refractivity contribution is -0.214. The Morgan fingerprint density at radius 2 is 1.58 bits per heavy atom. The van der Waals surface area contributed by atoms with Crippen LogP contribution < -0.4 is 5.32 Å². The number of rotatable bonds is 3. The van der Waals surface area contributed by atoms with Crippen LogP contribution in [0.15, 0.2) is 35.9 Å². The van der Waals surface area contributed by atoms with Crippen LogP contribution in [0.3, 0.4) is 0 Å². The van der Waals surface area contributed by atoms with Crippen LogP contribution >= 0.6 is 0 Å². The zero-order valence-corrected chi connectivity index (χ0v) is 28.8. The molecule has 1 N–H and O–H groups in total. The Hall–Kier alpha value is -2.43. The predicted octanol–water partition coefficient (Wildman–Crippen LogP) is 7.79. The average molecular weight is 614 g/mol. The lowest BCUT2D eigenvalue weighted by Crippen LogP contribution is -2.69. The Morgan fingerprint density at radius 1 is 0.889 bits per heavy atom. The van der Waals surface area contributed by atoms with Gasteiger partial charge in [-0.3, -0.25) is 14.4 Å². The van der Waals surface area contributed by atoms with E-state index < -0.39 is 11.5 Å². The minimum atomic E-state index is -0.914. The predicted molar refractivity (Wildman–Crippen MR) is 176 cm³/mol. The Bertz CT molecular complexity index is 1440. The largest absolute Gasteiger partial charge is 0.461 e. The highest BCUT2D eigenvalue weighted by molar-refractivity contribution is 5.96. The lowest BCUT2D eigenvalue weighted by Gasteiger charge is -2.70. The molecule has 6 aliphatic carbocycles. The summed E-state index contributed by atoms with van der Waals surface area (Å²) in [6.45, 7) is 15.7. The summed E-state index contributed by atoms with van der Waals surface area (Å²) in [5.41, 5.74) is 2.85. The first-order valence-corrected chi connectivity index (χ1v) is 18.0. The topological polar surface area (TPSA) is 72.5 Å². The second kappa shape index (κ2) is 10.3. The molecule has 0 bridgehead atoms. The number of nitrogens with one attached hydrogen (secondary N) is 1. The van der Waals surface area contributed by atoms with E-state index in [4.69, 9.17) is 4.74 Å². The number of allylic oxidation sites excluding steroid dienone is 2. The molecule has 0 aliphatic heterocycles. The first kappa shape index (κ1) is 31.2. The van der Waals surface area contributed by atoms with Gasteiger partial charge < -0.3 is 10.1 Å². The Morgan fingerprint density at radius 3 is 2.24 bits per heavy atom. The summed E-state index contributed by atoms with van der Waals surface area (Å²) in [5.74, 6) is 0.806. The van der Waals surface area contributed by atoms with Crippen LogP contribution in [0.25, 0.3) is 0 Å². The fraction of sp³-hybridized carbons (Fsp3) is 0.725. The first-order chi connectivity index (χ1) is 21.2. The summed E-state index contributed by atoms with van der Waals surface area (Å²) < 4.78 is 6.03. The van der Waals surface area contributed by atoms with Gasteiger partial charge in [0.15, 0.2) is 5.78 Å². The molecule has 1 aromatic rings. The fourth-order valence-electron chi connectivity index (χ4n) is 13.0. The molecule has 1 aromatic carbocycles. The summed E-state index contributed by atoms with van der Waals surface area (Å²) in [7, 11) is 0. The van der Waals surface area contributed by atoms with Crippen molar-refractivity contribution in [2.45, 2.75) is 131 Å². The van der Waals surface area contributed by atoms with Gasteiger partial charge in [-0.2, -0.15) is 0 Å². The van der Waals surface area contributed by atoms with Crippen LogP contribution in [-0.4, -0.2) is 29.8 Å². The summed E-state index contributed by atoms with van der Waals surface area (Å²) in [6, 6.07) is 8.47. The van der Waals surface area contributed by atoms with Gasteiger partial charge in [0.1, 0.15) is 6.10 Å². The molecule has 0 heterocycles. The van der Waals surface area contributed by atoms with E-state index in [1.165, 1.54) is 49.3 Å². The van der Waals surface area contributed by atoms with Gasteiger partial charge in [0.2, 0.25) is 5.91 Å². The molecule has 0 spiro atoms. The van der Waals surface area contributed by atoms with Crippen molar-refractivity contribution >= 4 is 17.7 Å². The van der Waals surface area contributed by atoms with Crippen LogP contribution in [-0.2, 0) is 32.0 Å². The molecule has 10 atom stereocenters. The second-order valence-corrected chi connectivity index (χ2v) is 17.5. The third-order valence-electron chi connectivity index (χ3n) is 15.3. The van der Waals surface area contributed by atoms with Crippen molar-refractivity contribution in [3.8, 4) is 0 Å². The fourth-order valence-corrected chi connectivity index (χ4v) is 13.0. The Kier molecular flexibility index (Phi) is 7.13. The number of carbonyl (C=O) groups excluding carboxylic acids is 3. The van der Waals surface area contributed by atoms with Crippen molar-refractivity contribution in [2.24, 2.45) is 50.7 Å². The summed E-state index contributed by atoms with van der Waals surface area (Å²) >= 11 is 0. The van der Waals surface area contributed by atoms with Crippen LogP contribution in [0.5, 0.6) is 0 Å². The third kappa shape index (κ3) is 4.26. The highest BCUT2D eigenvalue weighted by Crippen LogP contribution is 2.75. The number of carbonyl (C=O) groups is 3. The van der Waals surface area contributed by atoms with E-state index >= 15 is 0 Å². The van der Waals surface area contributed by atoms with Crippen LogP contribution in [0.1, 0.15) is 117 Å². The maximum absolute atomic E-state index is 14.8. The van der Waals surface area contributed by atoms with Gasteiger partial charge in [-0.05, 0) is 121 Å².